The first-order chi connectivity index (χ1) is 9.94. The second-order valence-corrected chi connectivity index (χ2v) is 7.30. The van der Waals surface area contributed by atoms with Crippen molar-refractivity contribution in [3.05, 3.63) is 18.0 Å². The van der Waals surface area contributed by atoms with Crippen molar-refractivity contribution < 1.29 is 13.2 Å². The lowest BCUT2D eigenvalue weighted by Gasteiger charge is -2.14. The highest BCUT2D eigenvalue weighted by molar-refractivity contribution is 7.89. The number of nitrogens with zero attached hydrogens (tertiary/aromatic N) is 1. The average Bonchev–Trinajstić information content (AvgIpc) is 3.01. The van der Waals surface area contributed by atoms with Crippen molar-refractivity contribution in [3.63, 3.8) is 0 Å². The third-order valence-electron chi connectivity index (χ3n) is 4.02. The summed E-state index contributed by atoms with van der Waals surface area (Å²) < 4.78 is 34.7. The monoisotopic (exact) mass is 315 g/mol. The Bertz CT molecular complexity index is 568. The smallest absolute Gasteiger partial charge is 0.242 e. The average molecular weight is 315 g/mol. The molecular formula is C14H25N3O3S. The van der Waals surface area contributed by atoms with Crippen molar-refractivity contribution in [3.8, 4) is 0 Å². The van der Waals surface area contributed by atoms with E-state index in [0.29, 0.717) is 24.6 Å². The van der Waals surface area contributed by atoms with Crippen molar-refractivity contribution in [2.75, 3.05) is 19.7 Å². The molecule has 2 unspecified atom stereocenters. The summed E-state index contributed by atoms with van der Waals surface area (Å²) in [6, 6.07) is 1.72. The summed E-state index contributed by atoms with van der Waals surface area (Å²) in [7, 11) is -1.59. The fourth-order valence-corrected chi connectivity index (χ4v) is 3.69. The van der Waals surface area contributed by atoms with Crippen molar-refractivity contribution >= 4 is 10.0 Å². The molecule has 1 aliphatic rings. The lowest BCUT2D eigenvalue weighted by Crippen LogP contribution is -2.31. The van der Waals surface area contributed by atoms with E-state index >= 15 is 0 Å². The molecule has 7 heteroatoms. The fourth-order valence-electron chi connectivity index (χ4n) is 2.50. The molecule has 0 aromatic carbocycles. The topological polar surface area (TPSA) is 72.4 Å². The standard InChI is InChI=1S/C14H25N3O3S/c1-4-15-9-13-7-14(10-17(13)3)21(18,19)16-8-12-5-6-20-11(12)2/h7,10-12,15-16H,4-6,8-9H2,1-3H3. The van der Waals surface area contributed by atoms with E-state index < -0.39 is 10.0 Å². The molecule has 0 spiro atoms. The van der Waals surface area contributed by atoms with Crippen LogP contribution in [0.25, 0.3) is 0 Å². The predicted molar refractivity (Wildman–Crippen MR) is 81.5 cm³/mol. The molecule has 6 nitrogen and oxygen atoms in total. The molecule has 1 aromatic rings. The van der Waals surface area contributed by atoms with Crippen LogP contribution in [-0.2, 0) is 28.4 Å². The minimum absolute atomic E-state index is 0.118. The molecular weight excluding hydrogens is 290 g/mol. The highest BCUT2D eigenvalue weighted by atomic mass is 32.2. The summed E-state index contributed by atoms with van der Waals surface area (Å²) in [4.78, 5) is 0.324. The fraction of sp³-hybridized carbons (Fsp3) is 0.714. The van der Waals surface area contributed by atoms with Crippen LogP contribution in [0.5, 0.6) is 0 Å². The van der Waals surface area contributed by atoms with Crippen molar-refractivity contribution in [1.82, 2.24) is 14.6 Å². The first-order valence-electron chi connectivity index (χ1n) is 7.41. The molecule has 1 fully saturated rings. The van der Waals surface area contributed by atoms with E-state index in [1.54, 1.807) is 12.3 Å². The van der Waals surface area contributed by atoms with Gasteiger partial charge in [0.05, 0.1) is 11.0 Å². The number of aryl methyl sites for hydroxylation is 1. The van der Waals surface area contributed by atoms with Crippen LogP contribution in [0.4, 0.5) is 0 Å². The lowest BCUT2D eigenvalue weighted by atomic mass is 10.0. The number of nitrogens with one attached hydrogen (secondary N) is 2. The molecule has 2 rings (SSSR count). The SMILES string of the molecule is CCNCc1cc(S(=O)(=O)NCC2CCOC2C)cn1C. The van der Waals surface area contributed by atoms with Crippen molar-refractivity contribution in [2.45, 2.75) is 37.8 Å². The van der Waals surface area contributed by atoms with Gasteiger partial charge in [0.1, 0.15) is 0 Å². The van der Waals surface area contributed by atoms with Gasteiger partial charge in [-0.2, -0.15) is 0 Å². The Morgan fingerprint density at radius 3 is 2.86 bits per heavy atom. The first-order valence-corrected chi connectivity index (χ1v) is 8.89. The third kappa shape index (κ3) is 4.06. The van der Waals surface area contributed by atoms with Crippen LogP contribution >= 0.6 is 0 Å². The van der Waals surface area contributed by atoms with Crippen molar-refractivity contribution in [1.29, 1.82) is 0 Å². The van der Waals surface area contributed by atoms with Crippen LogP contribution in [0.2, 0.25) is 0 Å². The van der Waals surface area contributed by atoms with E-state index in [-0.39, 0.29) is 12.0 Å². The third-order valence-corrected chi connectivity index (χ3v) is 5.41. The van der Waals surface area contributed by atoms with E-state index in [0.717, 1.165) is 18.7 Å². The Kier molecular flexibility index (Phi) is 5.43. The molecule has 120 valence electrons. The van der Waals surface area contributed by atoms with E-state index in [1.807, 2.05) is 25.5 Å². The predicted octanol–water partition coefficient (Wildman–Crippen LogP) is 0.838. The number of sulfonamides is 1. The molecule has 0 radical (unpaired) electrons. The van der Waals surface area contributed by atoms with Gasteiger partial charge in [-0.05, 0) is 26.0 Å². The maximum Gasteiger partial charge on any atom is 0.242 e. The summed E-state index contributed by atoms with van der Waals surface area (Å²) >= 11 is 0. The van der Waals surface area contributed by atoms with E-state index in [1.165, 1.54) is 0 Å². The van der Waals surface area contributed by atoms with Crippen LogP contribution in [0.1, 0.15) is 26.0 Å². The summed E-state index contributed by atoms with van der Waals surface area (Å²) in [5.74, 6) is 0.254. The zero-order valence-corrected chi connectivity index (χ0v) is 13.7. The summed E-state index contributed by atoms with van der Waals surface area (Å²) in [6.45, 7) is 6.67. The Balaban J connectivity index is 2.01. The maximum absolute atomic E-state index is 12.3. The first kappa shape index (κ1) is 16.5. The maximum atomic E-state index is 12.3. The summed E-state index contributed by atoms with van der Waals surface area (Å²) in [6.07, 6.45) is 2.68. The van der Waals surface area contributed by atoms with Gasteiger partial charge in [0.25, 0.3) is 0 Å². The van der Waals surface area contributed by atoms with Crippen LogP contribution in [0, 0.1) is 5.92 Å². The van der Waals surface area contributed by atoms with Gasteiger partial charge in [-0.15, -0.1) is 0 Å². The summed E-state index contributed by atoms with van der Waals surface area (Å²) in [5, 5.41) is 3.20. The molecule has 0 aliphatic carbocycles. The van der Waals surface area contributed by atoms with Gasteiger partial charge in [0, 0.05) is 44.6 Å². The van der Waals surface area contributed by atoms with Crippen LogP contribution in [0.3, 0.4) is 0 Å². The minimum Gasteiger partial charge on any atom is -0.378 e. The van der Waals surface area contributed by atoms with Gasteiger partial charge >= 0.3 is 0 Å². The lowest BCUT2D eigenvalue weighted by molar-refractivity contribution is 0.107. The van der Waals surface area contributed by atoms with Gasteiger partial charge in [0.2, 0.25) is 10.0 Å². The highest BCUT2D eigenvalue weighted by Gasteiger charge is 2.26. The largest absolute Gasteiger partial charge is 0.378 e. The Labute approximate surface area is 126 Å². The van der Waals surface area contributed by atoms with Crippen molar-refractivity contribution in [2.24, 2.45) is 13.0 Å². The number of aromatic nitrogens is 1. The van der Waals surface area contributed by atoms with Gasteiger partial charge in [0.15, 0.2) is 0 Å². The minimum atomic E-state index is -3.45. The van der Waals surface area contributed by atoms with Gasteiger partial charge < -0.3 is 14.6 Å². The normalized spacial score (nSPS) is 22.8. The zero-order valence-electron chi connectivity index (χ0n) is 12.9. The molecule has 1 aliphatic heterocycles. The number of hydrogen-bond acceptors (Lipinski definition) is 4. The summed E-state index contributed by atoms with van der Waals surface area (Å²) in [5.41, 5.74) is 0.954. The number of rotatable bonds is 7. The van der Waals surface area contributed by atoms with Gasteiger partial charge in [-0.1, -0.05) is 6.92 Å². The second-order valence-electron chi connectivity index (χ2n) is 5.53. The molecule has 1 saturated heterocycles. The number of hydrogen-bond donors (Lipinski definition) is 2. The molecule has 21 heavy (non-hydrogen) atoms. The highest BCUT2D eigenvalue weighted by Crippen LogP contribution is 2.20. The molecule has 0 bridgehead atoms. The molecule has 0 saturated carbocycles. The molecule has 2 N–H and O–H groups in total. The zero-order chi connectivity index (χ0) is 15.5. The quantitative estimate of drug-likeness (QED) is 0.782. The molecule has 2 atom stereocenters. The van der Waals surface area contributed by atoms with E-state index in [9.17, 15) is 8.42 Å². The second kappa shape index (κ2) is 6.91. The van der Waals surface area contributed by atoms with Gasteiger partial charge in [-0.3, -0.25) is 0 Å². The van der Waals surface area contributed by atoms with E-state index in [4.69, 9.17) is 4.74 Å². The van der Waals surface area contributed by atoms with Crippen LogP contribution in [0.15, 0.2) is 17.2 Å². The molecule has 1 aromatic heterocycles. The Morgan fingerprint density at radius 1 is 1.48 bits per heavy atom. The van der Waals surface area contributed by atoms with Gasteiger partial charge in [-0.25, -0.2) is 13.1 Å². The Hall–Kier alpha value is -0.890. The van der Waals surface area contributed by atoms with E-state index in [2.05, 4.69) is 10.0 Å². The Morgan fingerprint density at radius 2 is 2.24 bits per heavy atom. The van der Waals surface area contributed by atoms with Crippen LogP contribution < -0.4 is 10.0 Å². The molecule has 0 amide bonds. The van der Waals surface area contributed by atoms with Crippen LogP contribution in [-0.4, -0.2) is 38.8 Å². The number of ether oxygens (including phenoxy) is 1. The molecule has 2 heterocycles.